The summed E-state index contributed by atoms with van der Waals surface area (Å²) in [5.41, 5.74) is 0. The van der Waals surface area contributed by atoms with Crippen LogP contribution < -0.4 is 10.1 Å². The lowest BCUT2D eigenvalue weighted by atomic mass is 10.3. The van der Waals surface area contributed by atoms with Gasteiger partial charge in [0.1, 0.15) is 12.4 Å². The van der Waals surface area contributed by atoms with Crippen LogP contribution >= 0.6 is 0 Å². The van der Waals surface area contributed by atoms with Crippen molar-refractivity contribution in [1.29, 1.82) is 0 Å². The average Bonchev–Trinajstić information content (AvgIpc) is 2.40. The minimum atomic E-state index is 0.0495. The molecule has 0 unspecified atom stereocenters. The summed E-state index contributed by atoms with van der Waals surface area (Å²) in [5.74, 6) is 0.872. The Morgan fingerprint density at radius 1 is 1.44 bits per heavy atom. The first-order chi connectivity index (χ1) is 8.74. The standard InChI is InChI=1S/C14H20N2O2/c1-3-9-15-12-14(17)16(2)10-11-18-13-7-5-4-6-8-13/h3-8,15H,1,9-12H2,2H3. The molecule has 1 rings (SSSR count). The minimum absolute atomic E-state index is 0.0495. The first-order valence-electron chi connectivity index (χ1n) is 5.97. The van der Waals surface area contributed by atoms with Crippen molar-refractivity contribution in [2.24, 2.45) is 0 Å². The summed E-state index contributed by atoms with van der Waals surface area (Å²) in [6.07, 6.45) is 1.73. The maximum absolute atomic E-state index is 11.6. The lowest BCUT2D eigenvalue weighted by Gasteiger charge is -2.17. The number of amides is 1. The number of rotatable bonds is 8. The average molecular weight is 248 g/mol. The van der Waals surface area contributed by atoms with Crippen molar-refractivity contribution < 1.29 is 9.53 Å². The predicted octanol–water partition coefficient (Wildman–Crippen LogP) is 1.30. The van der Waals surface area contributed by atoms with Crippen LogP contribution in [0.15, 0.2) is 43.0 Å². The maximum atomic E-state index is 11.6. The van der Waals surface area contributed by atoms with Gasteiger partial charge in [0.05, 0.1) is 13.1 Å². The number of carbonyl (C=O) groups excluding carboxylic acids is 1. The van der Waals surface area contributed by atoms with Crippen molar-refractivity contribution in [3.63, 3.8) is 0 Å². The molecule has 0 spiro atoms. The Morgan fingerprint density at radius 2 is 2.17 bits per heavy atom. The Hall–Kier alpha value is -1.81. The second kappa shape index (κ2) is 8.31. The lowest BCUT2D eigenvalue weighted by molar-refractivity contribution is -0.129. The quantitative estimate of drug-likeness (QED) is 0.557. The van der Waals surface area contributed by atoms with Gasteiger partial charge in [0, 0.05) is 13.6 Å². The molecule has 0 aliphatic heterocycles. The van der Waals surface area contributed by atoms with Gasteiger partial charge in [-0.25, -0.2) is 0 Å². The highest BCUT2D eigenvalue weighted by molar-refractivity contribution is 5.77. The summed E-state index contributed by atoms with van der Waals surface area (Å²) in [7, 11) is 1.77. The van der Waals surface area contributed by atoms with E-state index >= 15 is 0 Å². The summed E-state index contributed by atoms with van der Waals surface area (Å²) >= 11 is 0. The number of para-hydroxylation sites is 1. The summed E-state index contributed by atoms with van der Waals surface area (Å²) in [6, 6.07) is 9.57. The fourth-order valence-corrected chi connectivity index (χ4v) is 1.36. The second-order valence-electron chi connectivity index (χ2n) is 3.90. The molecule has 0 radical (unpaired) electrons. The van der Waals surface area contributed by atoms with E-state index in [2.05, 4.69) is 11.9 Å². The van der Waals surface area contributed by atoms with Crippen LogP contribution in [0.1, 0.15) is 0 Å². The molecule has 0 atom stereocenters. The van der Waals surface area contributed by atoms with Crippen LogP contribution in [0.25, 0.3) is 0 Å². The molecule has 1 N–H and O–H groups in total. The molecule has 0 aromatic heterocycles. The molecular weight excluding hydrogens is 228 g/mol. The van der Waals surface area contributed by atoms with Gasteiger partial charge in [-0.15, -0.1) is 6.58 Å². The van der Waals surface area contributed by atoms with Crippen LogP contribution in [0.3, 0.4) is 0 Å². The first kappa shape index (κ1) is 14.3. The molecule has 4 nitrogen and oxygen atoms in total. The smallest absolute Gasteiger partial charge is 0.236 e. The first-order valence-corrected chi connectivity index (χ1v) is 5.97. The van der Waals surface area contributed by atoms with Gasteiger partial charge >= 0.3 is 0 Å². The Balaban J connectivity index is 2.18. The number of benzene rings is 1. The third kappa shape index (κ3) is 5.50. The van der Waals surface area contributed by atoms with Crippen LogP contribution in [-0.4, -0.2) is 44.1 Å². The van der Waals surface area contributed by atoms with E-state index in [9.17, 15) is 4.79 Å². The van der Waals surface area contributed by atoms with E-state index in [-0.39, 0.29) is 5.91 Å². The van der Waals surface area contributed by atoms with E-state index < -0.39 is 0 Å². The third-order valence-corrected chi connectivity index (χ3v) is 2.43. The molecule has 98 valence electrons. The van der Waals surface area contributed by atoms with Gasteiger partial charge in [0.15, 0.2) is 0 Å². The van der Waals surface area contributed by atoms with E-state index in [4.69, 9.17) is 4.74 Å². The highest BCUT2D eigenvalue weighted by Gasteiger charge is 2.07. The van der Waals surface area contributed by atoms with E-state index in [0.717, 1.165) is 5.75 Å². The van der Waals surface area contributed by atoms with Gasteiger partial charge in [0.2, 0.25) is 5.91 Å². The van der Waals surface area contributed by atoms with Crippen molar-refractivity contribution in [2.45, 2.75) is 0 Å². The highest BCUT2D eigenvalue weighted by Crippen LogP contribution is 2.07. The number of ether oxygens (including phenoxy) is 1. The van der Waals surface area contributed by atoms with Gasteiger partial charge < -0.3 is 15.0 Å². The van der Waals surface area contributed by atoms with Crippen LogP contribution in [0.2, 0.25) is 0 Å². The zero-order valence-electron chi connectivity index (χ0n) is 10.8. The molecule has 0 saturated carbocycles. The largest absolute Gasteiger partial charge is 0.492 e. The maximum Gasteiger partial charge on any atom is 0.236 e. The number of hydrogen-bond acceptors (Lipinski definition) is 3. The highest BCUT2D eigenvalue weighted by atomic mass is 16.5. The summed E-state index contributed by atoms with van der Waals surface area (Å²) < 4.78 is 5.52. The normalized spacial score (nSPS) is 9.83. The lowest BCUT2D eigenvalue weighted by Crippen LogP contribution is -2.37. The number of carbonyl (C=O) groups is 1. The number of hydrogen-bond donors (Lipinski definition) is 1. The van der Waals surface area contributed by atoms with Crippen molar-refractivity contribution in [2.75, 3.05) is 33.3 Å². The molecule has 0 aliphatic rings. The topological polar surface area (TPSA) is 41.6 Å². The Labute approximate surface area is 108 Å². The molecule has 0 aliphatic carbocycles. The van der Waals surface area contributed by atoms with E-state index in [1.165, 1.54) is 0 Å². The summed E-state index contributed by atoms with van der Waals surface area (Å²) in [5, 5.41) is 2.97. The van der Waals surface area contributed by atoms with Crippen LogP contribution in [0.5, 0.6) is 5.75 Å². The Kier molecular flexibility index (Phi) is 6.58. The molecule has 4 heteroatoms. The Morgan fingerprint density at radius 3 is 2.83 bits per heavy atom. The molecule has 1 amide bonds. The predicted molar refractivity (Wildman–Crippen MR) is 72.6 cm³/mol. The molecule has 0 saturated heterocycles. The van der Waals surface area contributed by atoms with Gasteiger partial charge in [-0.2, -0.15) is 0 Å². The minimum Gasteiger partial charge on any atom is -0.492 e. The van der Waals surface area contributed by atoms with Crippen LogP contribution in [0.4, 0.5) is 0 Å². The third-order valence-electron chi connectivity index (χ3n) is 2.43. The SMILES string of the molecule is C=CCNCC(=O)N(C)CCOc1ccccc1. The summed E-state index contributed by atoms with van der Waals surface area (Å²) in [4.78, 5) is 13.3. The molecule has 18 heavy (non-hydrogen) atoms. The molecule has 0 fully saturated rings. The fourth-order valence-electron chi connectivity index (χ4n) is 1.36. The molecule has 1 aromatic carbocycles. The van der Waals surface area contributed by atoms with Gasteiger partial charge in [-0.1, -0.05) is 24.3 Å². The van der Waals surface area contributed by atoms with Crippen LogP contribution in [0, 0.1) is 0 Å². The monoisotopic (exact) mass is 248 g/mol. The molecule has 0 heterocycles. The molecule has 1 aromatic rings. The second-order valence-corrected chi connectivity index (χ2v) is 3.90. The van der Waals surface area contributed by atoms with Crippen LogP contribution in [-0.2, 0) is 4.79 Å². The van der Waals surface area contributed by atoms with Gasteiger partial charge in [0.25, 0.3) is 0 Å². The van der Waals surface area contributed by atoms with Crippen molar-refractivity contribution >= 4 is 5.91 Å². The van der Waals surface area contributed by atoms with E-state index in [1.54, 1.807) is 18.0 Å². The van der Waals surface area contributed by atoms with Crippen molar-refractivity contribution in [1.82, 2.24) is 10.2 Å². The van der Waals surface area contributed by atoms with Crippen molar-refractivity contribution in [3.8, 4) is 5.75 Å². The van der Waals surface area contributed by atoms with Gasteiger partial charge in [-0.05, 0) is 12.1 Å². The number of likely N-dealkylation sites (N-methyl/N-ethyl adjacent to an activating group) is 1. The van der Waals surface area contributed by atoms with Crippen molar-refractivity contribution in [3.05, 3.63) is 43.0 Å². The molecule has 0 bridgehead atoms. The molecular formula is C14H20N2O2. The summed E-state index contributed by atoms with van der Waals surface area (Å²) in [6.45, 7) is 5.61. The zero-order chi connectivity index (χ0) is 13.2. The number of nitrogens with zero attached hydrogens (tertiary/aromatic N) is 1. The van der Waals surface area contributed by atoms with E-state index in [0.29, 0.717) is 26.2 Å². The fraction of sp³-hybridized carbons (Fsp3) is 0.357. The zero-order valence-corrected chi connectivity index (χ0v) is 10.8. The van der Waals surface area contributed by atoms with E-state index in [1.807, 2.05) is 30.3 Å². The Bertz CT molecular complexity index is 365. The number of nitrogens with one attached hydrogen (secondary N) is 1. The van der Waals surface area contributed by atoms with Gasteiger partial charge in [-0.3, -0.25) is 4.79 Å².